The number of halogens is 1. The normalized spacial score (nSPS) is 28.6. The average molecular weight is 308 g/mol. The van der Waals surface area contributed by atoms with Crippen molar-refractivity contribution in [3.05, 3.63) is 30.1 Å². The lowest BCUT2D eigenvalue weighted by atomic mass is 9.98. The van der Waals surface area contributed by atoms with Gasteiger partial charge < -0.3 is 10.2 Å². The first kappa shape index (κ1) is 14.9. The molecule has 3 rings (SSSR count). The molecule has 0 spiro atoms. The molecule has 1 N–H and O–H groups in total. The molecule has 1 aromatic carbocycles. The molecule has 2 bridgehead atoms. The number of amides is 1. The molecule has 2 aliphatic heterocycles. The van der Waals surface area contributed by atoms with Gasteiger partial charge in [-0.05, 0) is 57.0 Å². The van der Waals surface area contributed by atoms with Crippen molar-refractivity contribution in [3.8, 4) is 0 Å². The van der Waals surface area contributed by atoms with E-state index in [4.69, 9.17) is 0 Å². The van der Waals surface area contributed by atoms with Crippen LogP contribution in [0, 0.1) is 5.82 Å². The van der Waals surface area contributed by atoms with Crippen LogP contribution in [0.3, 0.4) is 0 Å². The molecule has 0 aromatic heterocycles. The molecule has 21 heavy (non-hydrogen) atoms. The van der Waals surface area contributed by atoms with Crippen LogP contribution in [-0.4, -0.2) is 41.7 Å². The first-order valence-electron chi connectivity index (χ1n) is 7.51. The van der Waals surface area contributed by atoms with Crippen molar-refractivity contribution in [3.63, 3.8) is 0 Å². The number of fused-ring (bicyclic) bond motifs is 2. The monoisotopic (exact) mass is 308 g/mol. The lowest BCUT2D eigenvalue weighted by molar-refractivity contribution is -0.119. The van der Waals surface area contributed by atoms with Gasteiger partial charge in [0.25, 0.3) is 0 Å². The van der Waals surface area contributed by atoms with E-state index in [0.29, 0.717) is 23.9 Å². The maximum atomic E-state index is 12.8. The van der Waals surface area contributed by atoms with Crippen molar-refractivity contribution in [2.75, 3.05) is 12.8 Å². The predicted octanol–water partition coefficient (Wildman–Crippen LogP) is 2.66. The van der Waals surface area contributed by atoms with Crippen LogP contribution in [0.2, 0.25) is 0 Å². The number of benzene rings is 1. The van der Waals surface area contributed by atoms with Gasteiger partial charge >= 0.3 is 0 Å². The van der Waals surface area contributed by atoms with Gasteiger partial charge in [0.2, 0.25) is 5.91 Å². The molecule has 2 aliphatic rings. The van der Waals surface area contributed by atoms with Crippen LogP contribution >= 0.6 is 11.8 Å². The number of hydrogen-bond donors (Lipinski definition) is 1. The van der Waals surface area contributed by atoms with E-state index < -0.39 is 0 Å². The Bertz CT molecular complexity index is 494. The second-order valence-electron chi connectivity index (χ2n) is 6.03. The van der Waals surface area contributed by atoms with E-state index in [0.717, 1.165) is 17.7 Å². The molecule has 2 heterocycles. The molecule has 114 valence electrons. The van der Waals surface area contributed by atoms with Crippen LogP contribution in [0.15, 0.2) is 29.2 Å². The van der Waals surface area contributed by atoms with Crippen LogP contribution in [-0.2, 0) is 4.79 Å². The van der Waals surface area contributed by atoms with Gasteiger partial charge in [0.05, 0.1) is 5.75 Å². The topological polar surface area (TPSA) is 32.3 Å². The summed E-state index contributed by atoms with van der Waals surface area (Å²) in [5, 5.41) is 3.16. The second kappa shape index (κ2) is 6.36. The standard InChI is InChI=1S/C16H21FN2OS/c1-19-13-4-5-14(19)9-12(8-13)18-16(20)10-21-15-6-2-11(17)3-7-15/h2-3,6-7,12-14H,4-5,8-10H2,1H3,(H,18,20)/t13-,14-/m0/s1. The summed E-state index contributed by atoms with van der Waals surface area (Å²) in [7, 11) is 2.20. The molecule has 1 amide bonds. The zero-order valence-electron chi connectivity index (χ0n) is 12.2. The molecule has 0 unspecified atom stereocenters. The lowest BCUT2D eigenvalue weighted by Crippen LogP contribution is -2.49. The number of rotatable bonds is 4. The second-order valence-corrected chi connectivity index (χ2v) is 7.08. The zero-order valence-corrected chi connectivity index (χ0v) is 13.0. The third-order valence-electron chi connectivity index (χ3n) is 4.65. The highest BCUT2D eigenvalue weighted by atomic mass is 32.2. The lowest BCUT2D eigenvalue weighted by Gasteiger charge is -2.36. The minimum absolute atomic E-state index is 0.0817. The number of carbonyl (C=O) groups is 1. The van der Waals surface area contributed by atoms with Crippen LogP contribution in [0.4, 0.5) is 4.39 Å². The number of nitrogens with zero attached hydrogens (tertiary/aromatic N) is 1. The summed E-state index contributed by atoms with van der Waals surface area (Å²) in [4.78, 5) is 15.4. The van der Waals surface area contributed by atoms with Crippen molar-refractivity contribution in [1.82, 2.24) is 10.2 Å². The number of nitrogens with one attached hydrogen (secondary N) is 1. The first-order chi connectivity index (χ1) is 10.1. The first-order valence-corrected chi connectivity index (χ1v) is 8.50. The molecular weight excluding hydrogens is 287 g/mol. The minimum atomic E-state index is -0.245. The number of hydrogen-bond acceptors (Lipinski definition) is 3. The van der Waals surface area contributed by atoms with E-state index in [1.807, 2.05) is 0 Å². The Morgan fingerprint density at radius 1 is 1.29 bits per heavy atom. The third-order valence-corrected chi connectivity index (χ3v) is 5.66. The fourth-order valence-electron chi connectivity index (χ4n) is 3.48. The number of thioether (sulfide) groups is 1. The third kappa shape index (κ3) is 3.58. The van der Waals surface area contributed by atoms with Crippen LogP contribution < -0.4 is 5.32 Å². The zero-order chi connectivity index (χ0) is 14.8. The molecule has 3 nitrogen and oxygen atoms in total. The highest BCUT2D eigenvalue weighted by Gasteiger charge is 2.38. The summed E-state index contributed by atoms with van der Waals surface area (Å²) in [6, 6.07) is 7.87. The van der Waals surface area contributed by atoms with E-state index in [9.17, 15) is 9.18 Å². The van der Waals surface area contributed by atoms with Gasteiger partial charge in [0.1, 0.15) is 5.82 Å². The predicted molar refractivity (Wildman–Crippen MR) is 82.9 cm³/mol. The van der Waals surface area contributed by atoms with Crippen molar-refractivity contribution >= 4 is 17.7 Å². The van der Waals surface area contributed by atoms with Gasteiger partial charge in [-0.2, -0.15) is 0 Å². The Labute approximate surface area is 129 Å². The highest BCUT2D eigenvalue weighted by Crippen LogP contribution is 2.34. The molecule has 5 heteroatoms. The van der Waals surface area contributed by atoms with E-state index in [1.54, 1.807) is 12.1 Å². The Kier molecular flexibility index (Phi) is 4.50. The molecule has 2 saturated heterocycles. The fraction of sp³-hybridized carbons (Fsp3) is 0.562. The summed E-state index contributed by atoms with van der Waals surface area (Å²) in [5.41, 5.74) is 0. The van der Waals surface area contributed by atoms with Gasteiger partial charge in [-0.25, -0.2) is 4.39 Å². The van der Waals surface area contributed by atoms with Gasteiger partial charge in [0, 0.05) is 23.0 Å². The molecule has 1 aromatic rings. The fourth-order valence-corrected chi connectivity index (χ4v) is 4.19. The van der Waals surface area contributed by atoms with Crippen molar-refractivity contribution < 1.29 is 9.18 Å². The summed E-state index contributed by atoms with van der Waals surface area (Å²) in [6.45, 7) is 0. The van der Waals surface area contributed by atoms with E-state index >= 15 is 0 Å². The Morgan fingerprint density at radius 2 is 1.90 bits per heavy atom. The van der Waals surface area contributed by atoms with E-state index in [1.165, 1.54) is 36.7 Å². The molecule has 0 radical (unpaired) electrons. The summed E-state index contributed by atoms with van der Waals surface area (Å²) < 4.78 is 12.8. The Hall–Kier alpha value is -1.07. The highest BCUT2D eigenvalue weighted by molar-refractivity contribution is 8.00. The molecule has 0 aliphatic carbocycles. The maximum Gasteiger partial charge on any atom is 0.230 e. The summed E-state index contributed by atoms with van der Waals surface area (Å²) in [5.74, 6) is 0.233. The average Bonchev–Trinajstić information content (AvgIpc) is 2.69. The summed E-state index contributed by atoms with van der Waals surface area (Å²) in [6.07, 6.45) is 4.66. The van der Waals surface area contributed by atoms with Crippen molar-refractivity contribution in [1.29, 1.82) is 0 Å². The maximum absolute atomic E-state index is 12.8. The van der Waals surface area contributed by atoms with E-state index in [2.05, 4.69) is 17.3 Å². The number of carbonyl (C=O) groups excluding carboxylic acids is 1. The molecule has 2 atom stereocenters. The van der Waals surface area contributed by atoms with Gasteiger partial charge in [-0.1, -0.05) is 0 Å². The van der Waals surface area contributed by atoms with E-state index in [-0.39, 0.29) is 11.7 Å². The van der Waals surface area contributed by atoms with Crippen molar-refractivity contribution in [2.45, 2.75) is 48.7 Å². The van der Waals surface area contributed by atoms with Crippen LogP contribution in [0.1, 0.15) is 25.7 Å². The Morgan fingerprint density at radius 3 is 2.52 bits per heavy atom. The van der Waals surface area contributed by atoms with Crippen LogP contribution in [0.5, 0.6) is 0 Å². The number of piperidine rings is 1. The van der Waals surface area contributed by atoms with Gasteiger partial charge in [-0.3, -0.25) is 4.79 Å². The largest absolute Gasteiger partial charge is 0.353 e. The van der Waals surface area contributed by atoms with Gasteiger partial charge in [-0.15, -0.1) is 11.8 Å². The van der Waals surface area contributed by atoms with Crippen molar-refractivity contribution in [2.24, 2.45) is 0 Å². The van der Waals surface area contributed by atoms with Gasteiger partial charge in [0.15, 0.2) is 0 Å². The SMILES string of the molecule is CN1[C@H]2CC[C@H]1CC(NC(=O)CSc1ccc(F)cc1)C2. The smallest absolute Gasteiger partial charge is 0.230 e. The molecular formula is C16H21FN2OS. The quantitative estimate of drug-likeness (QED) is 0.868. The van der Waals surface area contributed by atoms with Crippen LogP contribution in [0.25, 0.3) is 0 Å². The minimum Gasteiger partial charge on any atom is -0.353 e. The molecule has 0 saturated carbocycles. The molecule has 2 fully saturated rings. The Balaban J connectivity index is 1.45. The summed E-state index contributed by atoms with van der Waals surface area (Å²) >= 11 is 1.45.